The number of hydrogen-bond donors (Lipinski definition) is 0. The molecule has 7 heteroatoms. The fourth-order valence-electron chi connectivity index (χ4n) is 1.82. The van der Waals surface area contributed by atoms with Gasteiger partial charge in [0.1, 0.15) is 10.0 Å². The minimum atomic E-state index is -0.508. The summed E-state index contributed by atoms with van der Waals surface area (Å²) in [6, 6.07) is 10.1. The highest BCUT2D eigenvalue weighted by molar-refractivity contribution is 7.22. The number of halogens is 2. The van der Waals surface area contributed by atoms with Crippen LogP contribution in [0, 0.1) is 10.1 Å². The van der Waals surface area contributed by atoms with Crippen LogP contribution in [-0.2, 0) is 0 Å². The van der Waals surface area contributed by atoms with Crippen molar-refractivity contribution >= 4 is 50.4 Å². The molecule has 100 valence electrons. The summed E-state index contributed by atoms with van der Waals surface area (Å²) in [6.07, 6.45) is 0. The van der Waals surface area contributed by atoms with Crippen molar-refractivity contribution in [2.24, 2.45) is 0 Å². The molecule has 0 saturated carbocycles. The molecule has 0 bridgehead atoms. The Morgan fingerprint density at radius 3 is 2.65 bits per heavy atom. The molecule has 0 spiro atoms. The zero-order valence-electron chi connectivity index (χ0n) is 9.84. The molecule has 0 amide bonds. The van der Waals surface area contributed by atoms with Crippen LogP contribution in [0.3, 0.4) is 0 Å². The average Bonchev–Trinajstić information content (AvgIpc) is 2.84. The van der Waals surface area contributed by atoms with Gasteiger partial charge in [0.25, 0.3) is 5.69 Å². The van der Waals surface area contributed by atoms with Crippen molar-refractivity contribution in [3.05, 3.63) is 56.6 Å². The highest BCUT2D eigenvalue weighted by Crippen LogP contribution is 2.36. The van der Waals surface area contributed by atoms with Gasteiger partial charge in [0.05, 0.1) is 20.2 Å². The van der Waals surface area contributed by atoms with E-state index in [9.17, 15) is 10.1 Å². The van der Waals surface area contributed by atoms with Gasteiger partial charge in [-0.1, -0.05) is 29.3 Å². The zero-order valence-corrected chi connectivity index (χ0v) is 12.2. The highest BCUT2D eigenvalue weighted by Gasteiger charge is 2.16. The maximum Gasteiger partial charge on any atom is 0.288 e. The molecule has 20 heavy (non-hydrogen) atoms. The predicted molar refractivity (Wildman–Crippen MR) is 81.7 cm³/mol. The van der Waals surface area contributed by atoms with Crippen LogP contribution in [0.5, 0.6) is 0 Å². The molecule has 0 aliphatic carbocycles. The third-order valence-electron chi connectivity index (χ3n) is 2.76. The quantitative estimate of drug-likeness (QED) is 0.482. The summed E-state index contributed by atoms with van der Waals surface area (Å²) < 4.78 is 0.863. The Labute approximate surface area is 127 Å². The second-order valence-corrected chi connectivity index (χ2v) is 5.84. The minimum Gasteiger partial charge on any atom is -0.258 e. The van der Waals surface area contributed by atoms with Gasteiger partial charge in [0, 0.05) is 11.6 Å². The van der Waals surface area contributed by atoms with Crippen LogP contribution in [0.15, 0.2) is 36.4 Å². The lowest BCUT2D eigenvalue weighted by Gasteiger charge is -1.98. The molecule has 1 heterocycles. The number of nitro groups is 1. The SMILES string of the molecule is O=[N+]([O-])c1cc(-c2nc3cccc(Cl)c3s2)ccc1Cl. The van der Waals surface area contributed by atoms with Crippen molar-refractivity contribution in [2.45, 2.75) is 0 Å². The number of nitro benzene ring substituents is 1. The maximum atomic E-state index is 10.9. The summed E-state index contributed by atoms with van der Waals surface area (Å²) in [5.74, 6) is 0. The van der Waals surface area contributed by atoms with Gasteiger partial charge < -0.3 is 0 Å². The van der Waals surface area contributed by atoms with E-state index in [0.717, 1.165) is 10.2 Å². The van der Waals surface area contributed by atoms with E-state index < -0.39 is 4.92 Å². The first-order chi connectivity index (χ1) is 9.56. The van der Waals surface area contributed by atoms with Crippen molar-refractivity contribution in [1.29, 1.82) is 0 Å². The van der Waals surface area contributed by atoms with Crippen LogP contribution in [0.1, 0.15) is 0 Å². The standard InChI is InChI=1S/C13H6Cl2N2O2S/c14-8-5-4-7(6-11(8)17(18)19)13-16-10-3-1-2-9(15)12(10)20-13/h1-6H. The Morgan fingerprint density at radius 2 is 1.95 bits per heavy atom. The number of benzene rings is 2. The molecule has 3 rings (SSSR count). The van der Waals surface area contributed by atoms with E-state index in [2.05, 4.69) is 4.98 Å². The van der Waals surface area contributed by atoms with Crippen LogP contribution in [-0.4, -0.2) is 9.91 Å². The van der Waals surface area contributed by atoms with E-state index in [1.54, 1.807) is 12.1 Å². The second-order valence-electron chi connectivity index (χ2n) is 4.03. The Morgan fingerprint density at radius 1 is 1.15 bits per heavy atom. The molecule has 0 aliphatic rings. The van der Waals surface area contributed by atoms with Crippen molar-refractivity contribution in [2.75, 3.05) is 0 Å². The van der Waals surface area contributed by atoms with Gasteiger partial charge in [0.15, 0.2) is 0 Å². The molecule has 0 radical (unpaired) electrons. The van der Waals surface area contributed by atoms with E-state index in [4.69, 9.17) is 23.2 Å². The molecule has 0 unspecified atom stereocenters. The highest BCUT2D eigenvalue weighted by atomic mass is 35.5. The van der Waals surface area contributed by atoms with Gasteiger partial charge in [-0.15, -0.1) is 11.3 Å². The smallest absolute Gasteiger partial charge is 0.258 e. The van der Waals surface area contributed by atoms with Crippen molar-refractivity contribution in [3.8, 4) is 10.6 Å². The van der Waals surface area contributed by atoms with Gasteiger partial charge in [-0.2, -0.15) is 0 Å². The lowest BCUT2D eigenvalue weighted by Crippen LogP contribution is -1.89. The first kappa shape index (κ1) is 13.3. The normalized spacial score (nSPS) is 10.9. The first-order valence-corrected chi connectivity index (χ1v) is 7.13. The van der Waals surface area contributed by atoms with Crippen molar-refractivity contribution in [1.82, 2.24) is 4.98 Å². The molecule has 3 aromatic rings. The van der Waals surface area contributed by atoms with Gasteiger partial charge in [-0.3, -0.25) is 10.1 Å². The molecule has 1 aromatic heterocycles. The van der Waals surface area contributed by atoms with Crippen LogP contribution in [0.4, 0.5) is 5.69 Å². The molecular weight excluding hydrogens is 319 g/mol. The third kappa shape index (κ3) is 2.24. The van der Waals surface area contributed by atoms with E-state index in [0.29, 0.717) is 15.6 Å². The van der Waals surface area contributed by atoms with E-state index in [-0.39, 0.29) is 10.7 Å². The summed E-state index contributed by atoms with van der Waals surface area (Å²) >= 11 is 13.3. The first-order valence-electron chi connectivity index (χ1n) is 5.55. The van der Waals surface area contributed by atoms with Crippen molar-refractivity contribution in [3.63, 3.8) is 0 Å². The Hall–Kier alpha value is -1.69. The van der Waals surface area contributed by atoms with Crippen LogP contribution in [0.25, 0.3) is 20.8 Å². The summed E-state index contributed by atoms with van der Waals surface area (Å²) in [7, 11) is 0. The lowest BCUT2D eigenvalue weighted by molar-refractivity contribution is -0.384. The summed E-state index contributed by atoms with van der Waals surface area (Å²) in [6.45, 7) is 0. The molecule has 0 saturated heterocycles. The minimum absolute atomic E-state index is 0.109. The molecule has 0 aliphatic heterocycles. The Balaban J connectivity index is 2.18. The average molecular weight is 325 g/mol. The largest absolute Gasteiger partial charge is 0.288 e. The number of hydrogen-bond acceptors (Lipinski definition) is 4. The lowest BCUT2D eigenvalue weighted by atomic mass is 10.2. The van der Waals surface area contributed by atoms with Gasteiger partial charge in [-0.05, 0) is 24.3 Å². The number of thiazole rings is 1. The molecular formula is C13H6Cl2N2O2S. The monoisotopic (exact) mass is 324 g/mol. The topological polar surface area (TPSA) is 56.0 Å². The van der Waals surface area contributed by atoms with Gasteiger partial charge >= 0.3 is 0 Å². The van der Waals surface area contributed by atoms with E-state index >= 15 is 0 Å². The fraction of sp³-hybridized carbons (Fsp3) is 0. The number of fused-ring (bicyclic) bond motifs is 1. The molecule has 0 N–H and O–H groups in total. The molecule has 0 atom stereocenters. The number of aromatic nitrogens is 1. The Bertz CT molecular complexity index is 832. The van der Waals surface area contributed by atoms with Crippen LogP contribution >= 0.6 is 34.5 Å². The second kappa shape index (κ2) is 5.01. The van der Waals surface area contributed by atoms with Gasteiger partial charge in [-0.25, -0.2) is 4.98 Å². The summed E-state index contributed by atoms with van der Waals surface area (Å²) in [5.41, 5.74) is 1.29. The predicted octanol–water partition coefficient (Wildman–Crippen LogP) is 5.18. The summed E-state index contributed by atoms with van der Waals surface area (Å²) in [5, 5.41) is 12.3. The van der Waals surface area contributed by atoms with Crippen LogP contribution < -0.4 is 0 Å². The maximum absolute atomic E-state index is 10.9. The number of nitrogens with zero attached hydrogens (tertiary/aromatic N) is 2. The van der Waals surface area contributed by atoms with Crippen molar-refractivity contribution < 1.29 is 4.92 Å². The van der Waals surface area contributed by atoms with Crippen LogP contribution in [0.2, 0.25) is 10.0 Å². The number of rotatable bonds is 2. The fourth-order valence-corrected chi connectivity index (χ4v) is 3.26. The Kier molecular flexibility index (Phi) is 3.33. The van der Waals surface area contributed by atoms with Gasteiger partial charge in [0.2, 0.25) is 0 Å². The molecule has 0 fully saturated rings. The summed E-state index contributed by atoms with van der Waals surface area (Å²) in [4.78, 5) is 14.8. The van der Waals surface area contributed by atoms with E-state index in [1.807, 2.05) is 12.1 Å². The molecule has 4 nitrogen and oxygen atoms in total. The van der Waals surface area contributed by atoms with E-state index in [1.165, 1.54) is 23.5 Å². The third-order valence-corrected chi connectivity index (χ3v) is 4.66. The molecule has 2 aromatic carbocycles. The zero-order chi connectivity index (χ0) is 14.3.